The highest BCUT2D eigenvalue weighted by Gasteiger charge is 2.27. The molecule has 0 radical (unpaired) electrons. The number of benzene rings is 2. The van der Waals surface area contributed by atoms with E-state index in [1.165, 1.54) is 17.5 Å². The SMILES string of the molecule is COc1ccc(S(=O)(=O)N(CC(=O)NCCCn2ccnc2)Cc2ccccc2)cc1C. The van der Waals surface area contributed by atoms with Gasteiger partial charge in [0.2, 0.25) is 15.9 Å². The fraction of sp³-hybridized carbons (Fsp3) is 0.304. The van der Waals surface area contributed by atoms with Gasteiger partial charge in [-0.1, -0.05) is 30.3 Å². The van der Waals surface area contributed by atoms with Crippen LogP contribution in [0.1, 0.15) is 17.5 Å². The molecule has 0 atom stereocenters. The van der Waals surface area contributed by atoms with Crippen molar-refractivity contribution in [3.05, 3.63) is 78.4 Å². The van der Waals surface area contributed by atoms with Gasteiger partial charge in [-0.3, -0.25) is 4.79 Å². The molecule has 0 saturated heterocycles. The van der Waals surface area contributed by atoms with Gasteiger partial charge in [-0.2, -0.15) is 4.31 Å². The van der Waals surface area contributed by atoms with Gasteiger partial charge < -0.3 is 14.6 Å². The summed E-state index contributed by atoms with van der Waals surface area (Å²) in [4.78, 5) is 16.7. The van der Waals surface area contributed by atoms with Crippen molar-refractivity contribution in [2.24, 2.45) is 0 Å². The summed E-state index contributed by atoms with van der Waals surface area (Å²) >= 11 is 0. The second kappa shape index (κ2) is 10.9. The summed E-state index contributed by atoms with van der Waals surface area (Å²) in [5, 5.41) is 2.82. The van der Waals surface area contributed by atoms with Crippen LogP contribution in [0.5, 0.6) is 5.75 Å². The number of rotatable bonds is 11. The lowest BCUT2D eigenvalue weighted by Gasteiger charge is -2.22. The molecule has 9 heteroatoms. The van der Waals surface area contributed by atoms with Crippen molar-refractivity contribution in [2.45, 2.75) is 31.3 Å². The minimum atomic E-state index is -3.90. The van der Waals surface area contributed by atoms with E-state index in [0.717, 1.165) is 12.1 Å². The lowest BCUT2D eigenvalue weighted by atomic mass is 10.2. The normalized spacial score (nSPS) is 11.5. The van der Waals surface area contributed by atoms with Crippen LogP contribution in [0.4, 0.5) is 0 Å². The fourth-order valence-electron chi connectivity index (χ4n) is 3.30. The molecule has 1 heterocycles. The second-order valence-corrected chi connectivity index (χ2v) is 9.33. The third kappa shape index (κ3) is 6.18. The first kappa shape index (κ1) is 23.5. The number of hydrogen-bond acceptors (Lipinski definition) is 5. The number of nitrogens with one attached hydrogen (secondary N) is 1. The first-order chi connectivity index (χ1) is 15.4. The summed E-state index contributed by atoms with van der Waals surface area (Å²) in [6.45, 7) is 2.77. The molecule has 0 unspecified atom stereocenters. The average Bonchev–Trinajstić information content (AvgIpc) is 3.30. The van der Waals surface area contributed by atoms with Crippen molar-refractivity contribution in [1.29, 1.82) is 0 Å². The van der Waals surface area contributed by atoms with Gasteiger partial charge >= 0.3 is 0 Å². The van der Waals surface area contributed by atoms with E-state index in [9.17, 15) is 13.2 Å². The third-order valence-corrected chi connectivity index (χ3v) is 6.79. The van der Waals surface area contributed by atoms with E-state index in [1.54, 1.807) is 31.6 Å². The number of carbonyl (C=O) groups excluding carboxylic acids is 1. The van der Waals surface area contributed by atoms with Crippen LogP contribution in [0, 0.1) is 6.92 Å². The molecule has 0 fully saturated rings. The van der Waals surface area contributed by atoms with Gasteiger partial charge in [0.1, 0.15) is 5.75 Å². The molecule has 3 aromatic rings. The molecule has 1 N–H and O–H groups in total. The molecule has 2 aromatic carbocycles. The average molecular weight is 457 g/mol. The van der Waals surface area contributed by atoms with Crippen molar-refractivity contribution < 1.29 is 17.9 Å². The number of imidazole rings is 1. The smallest absolute Gasteiger partial charge is 0.243 e. The molecule has 0 bridgehead atoms. The molecule has 0 aliphatic heterocycles. The van der Waals surface area contributed by atoms with E-state index >= 15 is 0 Å². The Labute approximate surface area is 188 Å². The third-order valence-electron chi connectivity index (χ3n) is 5.00. The van der Waals surface area contributed by atoms with Crippen molar-refractivity contribution in [3.8, 4) is 5.75 Å². The van der Waals surface area contributed by atoms with E-state index in [4.69, 9.17) is 4.74 Å². The summed E-state index contributed by atoms with van der Waals surface area (Å²) in [5.74, 6) is 0.259. The maximum Gasteiger partial charge on any atom is 0.243 e. The number of aromatic nitrogens is 2. The molecule has 3 rings (SSSR count). The largest absolute Gasteiger partial charge is 0.496 e. The van der Waals surface area contributed by atoms with Gasteiger partial charge in [0, 0.05) is 32.0 Å². The zero-order chi connectivity index (χ0) is 23.0. The molecule has 0 spiro atoms. The van der Waals surface area contributed by atoms with E-state index in [0.29, 0.717) is 24.3 Å². The number of ether oxygens (including phenoxy) is 1. The molecule has 8 nitrogen and oxygen atoms in total. The van der Waals surface area contributed by atoms with E-state index < -0.39 is 10.0 Å². The van der Waals surface area contributed by atoms with Gasteiger partial charge in [-0.15, -0.1) is 0 Å². The van der Waals surface area contributed by atoms with Crippen molar-refractivity contribution in [3.63, 3.8) is 0 Å². The molecule has 0 aliphatic rings. The standard InChI is InChI=1S/C23H28N4O4S/c1-19-15-21(9-10-22(19)31-2)32(29,30)27(16-20-7-4-3-5-8-20)17-23(28)25-11-6-13-26-14-12-24-18-26/h3-5,7-10,12,14-15,18H,6,11,13,16-17H2,1-2H3,(H,25,28). The Bertz CT molecular complexity index is 1120. The zero-order valence-corrected chi connectivity index (χ0v) is 19.1. The zero-order valence-electron chi connectivity index (χ0n) is 18.3. The highest BCUT2D eigenvalue weighted by Crippen LogP contribution is 2.24. The van der Waals surface area contributed by atoms with Gasteiger partial charge in [-0.25, -0.2) is 13.4 Å². The summed E-state index contributed by atoms with van der Waals surface area (Å²) in [7, 11) is -2.37. The van der Waals surface area contributed by atoms with Crippen LogP contribution in [0.2, 0.25) is 0 Å². The lowest BCUT2D eigenvalue weighted by Crippen LogP contribution is -2.40. The minimum absolute atomic E-state index is 0.0940. The van der Waals surface area contributed by atoms with Crippen molar-refractivity contribution in [1.82, 2.24) is 19.2 Å². The Hall–Kier alpha value is -3.17. The Balaban J connectivity index is 1.72. The molecule has 32 heavy (non-hydrogen) atoms. The van der Waals surface area contributed by atoms with Crippen LogP contribution in [0.25, 0.3) is 0 Å². The van der Waals surface area contributed by atoms with Crippen LogP contribution < -0.4 is 10.1 Å². The molecule has 170 valence electrons. The summed E-state index contributed by atoms with van der Waals surface area (Å²) in [6, 6.07) is 13.9. The second-order valence-electron chi connectivity index (χ2n) is 7.39. The van der Waals surface area contributed by atoms with Crippen molar-refractivity contribution >= 4 is 15.9 Å². The van der Waals surface area contributed by atoms with Crippen LogP contribution in [-0.4, -0.2) is 48.4 Å². The Morgan fingerprint density at radius 3 is 2.62 bits per heavy atom. The highest BCUT2D eigenvalue weighted by atomic mass is 32.2. The predicted octanol–water partition coefficient (Wildman–Crippen LogP) is 2.60. The quantitative estimate of drug-likeness (QED) is 0.448. The van der Waals surface area contributed by atoms with Crippen LogP contribution in [0.15, 0.2) is 72.1 Å². The van der Waals surface area contributed by atoms with Gasteiger partial charge in [0.25, 0.3) is 0 Å². The number of carbonyl (C=O) groups is 1. The van der Waals surface area contributed by atoms with Crippen molar-refractivity contribution in [2.75, 3.05) is 20.2 Å². The van der Waals surface area contributed by atoms with E-state index in [2.05, 4.69) is 10.3 Å². The van der Waals surface area contributed by atoms with Gasteiger partial charge in [0.05, 0.1) is 24.9 Å². The predicted molar refractivity (Wildman–Crippen MR) is 122 cm³/mol. The highest BCUT2D eigenvalue weighted by molar-refractivity contribution is 7.89. The molecular formula is C23H28N4O4S. The molecule has 1 aromatic heterocycles. The van der Waals surface area contributed by atoms with Gasteiger partial charge in [-0.05, 0) is 42.7 Å². The first-order valence-electron chi connectivity index (χ1n) is 10.3. The van der Waals surface area contributed by atoms with Gasteiger partial charge in [0.15, 0.2) is 0 Å². The Morgan fingerprint density at radius 2 is 1.97 bits per heavy atom. The monoisotopic (exact) mass is 456 g/mol. The molecule has 1 amide bonds. The number of sulfonamides is 1. The molecular weight excluding hydrogens is 428 g/mol. The van der Waals surface area contributed by atoms with E-state index in [-0.39, 0.29) is 23.9 Å². The number of aryl methyl sites for hydroxylation is 2. The Morgan fingerprint density at radius 1 is 1.19 bits per heavy atom. The maximum absolute atomic E-state index is 13.4. The number of nitrogens with zero attached hydrogens (tertiary/aromatic N) is 3. The van der Waals surface area contributed by atoms with Crippen LogP contribution in [0.3, 0.4) is 0 Å². The number of amides is 1. The maximum atomic E-state index is 13.4. The Kier molecular flexibility index (Phi) is 8.02. The molecule has 0 aliphatic carbocycles. The number of methoxy groups -OCH3 is 1. The topological polar surface area (TPSA) is 93.5 Å². The first-order valence-corrected chi connectivity index (χ1v) is 11.8. The molecule has 0 saturated carbocycles. The lowest BCUT2D eigenvalue weighted by molar-refractivity contribution is -0.121. The number of hydrogen-bond donors (Lipinski definition) is 1. The summed E-state index contributed by atoms with van der Waals surface area (Å²) in [5.41, 5.74) is 1.51. The van der Waals surface area contributed by atoms with E-state index in [1.807, 2.05) is 41.1 Å². The summed E-state index contributed by atoms with van der Waals surface area (Å²) in [6.07, 6.45) is 5.98. The minimum Gasteiger partial charge on any atom is -0.496 e. The van der Waals surface area contributed by atoms with Crippen LogP contribution in [-0.2, 0) is 27.9 Å². The fourth-order valence-corrected chi connectivity index (χ4v) is 4.77. The summed E-state index contributed by atoms with van der Waals surface area (Å²) < 4.78 is 35.2. The van der Waals surface area contributed by atoms with Crippen LogP contribution >= 0.6 is 0 Å².